The highest BCUT2D eigenvalue weighted by molar-refractivity contribution is 9.10. The van der Waals surface area contributed by atoms with Crippen LogP contribution in [0.2, 0.25) is 0 Å². The van der Waals surface area contributed by atoms with Gasteiger partial charge in [0.2, 0.25) is 0 Å². The van der Waals surface area contributed by atoms with E-state index in [4.69, 9.17) is 0 Å². The number of benzene rings is 1. The molecule has 6 heteroatoms. The largest absolute Gasteiger partial charge is 0.305 e. The van der Waals surface area contributed by atoms with E-state index >= 15 is 0 Å². The molecule has 1 unspecified atom stereocenters. The minimum atomic E-state index is -0.873. The average Bonchev–Trinajstić information content (AvgIpc) is 2.80. The first-order valence-electron chi connectivity index (χ1n) is 5.91. The van der Waals surface area contributed by atoms with Crippen LogP contribution in [0.1, 0.15) is 24.2 Å². The molecule has 0 aliphatic carbocycles. The van der Waals surface area contributed by atoms with Crippen LogP contribution < -0.4 is 5.32 Å². The third-order valence-corrected chi connectivity index (χ3v) is 3.74. The Bertz CT molecular complexity index is 583. The van der Waals surface area contributed by atoms with Crippen LogP contribution in [0.15, 0.2) is 28.9 Å². The Morgan fingerprint density at radius 2 is 2.11 bits per heavy atom. The molecule has 2 rings (SSSR count). The Hall–Kier alpha value is -1.27. The SMILES string of the molecule is CCNC(c1ccc(F)c(F)c1Br)c1ccnn1C. The van der Waals surface area contributed by atoms with Gasteiger partial charge in [0.15, 0.2) is 11.6 Å². The van der Waals surface area contributed by atoms with Crippen molar-refractivity contribution in [2.24, 2.45) is 7.05 Å². The van der Waals surface area contributed by atoms with Crippen molar-refractivity contribution >= 4 is 15.9 Å². The van der Waals surface area contributed by atoms with Crippen molar-refractivity contribution in [2.45, 2.75) is 13.0 Å². The molecular weight excluding hydrogens is 316 g/mol. The quantitative estimate of drug-likeness (QED) is 0.873. The summed E-state index contributed by atoms with van der Waals surface area (Å²) >= 11 is 3.13. The van der Waals surface area contributed by atoms with Gasteiger partial charge in [-0.3, -0.25) is 4.68 Å². The predicted molar refractivity (Wildman–Crippen MR) is 72.8 cm³/mol. The third-order valence-electron chi connectivity index (χ3n) is 2.94. The van der Waals surface area contributed by atoms with Crippen molar-refractivity contribution in [2.75, 3.05) is 6.54 Å². The minimum absolute atomic E-state index is 0.139. The Morgan fingerprint density at radius 1 is 1.37 bits per heavy atom. The zero-order valence-electron chi connectivity index (χ0n) is 10.6. The van der Waals surface area contributed by atoms with Crippen LogP contribution in [0.3, 0.4) is 0 Å². The molecule has 0 radical (unpaired) electrons. The van der Waals surface area contributed by atoms with E-state index in [0.717, 1.165) is 11.8 Å². The van der Waals surface area contributed by atoms with Crippen LogP contribution in [-0.4, -0.2) is 16.3 Å². The molecule has 2 aromatic rings. The zero-order valence-corrected chi connectivity index (χ0v) is 12.2. The molecule has 1 atom stereocenters. The highest BCUT2D eigenvalue weighted by atomic mass is 79.9. The van der Waals surface area contributed by atoms with Gasteiger partial charge in [-0.15, -0.1) is 0 Å². The molecule has 0 amide bonds. The number of halogens is 3. The normalized spacial score (nSPS) is 12.7. The molecule has 1 aromatic heterocycles. The molecule has 3 nitrogen and oxygen atoms in total. The number of nitrogens with zero attached hydrogens (tertiary/aromatic N) is 2. The Morgan fingerprint density at radius 3 is 2.68 bits per heavy atom. The second kappa shape index (κ2) is 5.79. The average molecular weight is 330 g/mol. The summed E-state index contributed by atoms with van der Waals surface area (Å²) in [6.45, 7) is 2.65. The van der Waals surface area contributed by atoms with Gasteiger partial charge in [0.05, 0.1) is 16.2 Å². The maximum atomic E-state index is 13.7. The van der Waals surface area contributed by atoms with Crippen molar-refractivity contribution in [3.8, 4) is 0 Å². The van der Waals surface area contributed by atoms with Crippen molar-refractivity contribution < 1.29 is 8.78 Å². The van der Waals surface area contributed by atoms with Crippen molar-refractivity contribution in [3.05, 3.63) is 51.8 Å². The Balaban J connectivity index is 2.52. The summed E-state index contributed by atoms with van der Waals surface area (Å²) in [5.74, 6) is -1.74. The molecule has 0 spiro atoms. The number of hydrogen-bond donors (Lipinski definition) is 1. The maximum Gasteiger partial charge on any atom is 0.173 e. The van der Waals surface area contributed by atoms with Crippen LogP contribution in [0.25, 0.3) is 0 Å². The fourth-order valence-electron chi connectivity index (χ4n) is 2.01. The second-order valence-electron chi connectivity index (χ2n) is 4.13. The number of aromatic nitrogens is 2. The Kier molecular flexibility index (Phi) is 4.31. The zero-order chi connectivity index (χ0) is 14.0. The maximum absolute atomic E-state index is 13.7. The van der Waals surface area contributed by atoms with Crippen LogP contribution >= 0.6 is 15.9 Å². The lowest BCUT2D eigenvalue weighted by molar-refractivity contribution is 0.496. The number of nitrogens with one attached hydrogen (secondary N) is 1. The van der Waals surface area contributed by atoms with Crippen LogP contribution in [0.4, 0.5) is 8.78 Å². The standard InChI is InChI=1S/C13H14BrF2N3/c1-3-17-13(10-6-7-18-19(10)2)8-4-5-9(15)12(16)11(8)14/h4-7,13,17H,3H2,1-2H3. The monoisotopic (exact) mass is 329 g/mol. The van der Waals surface area contributed by atoms with Crippen LogP contribution in [-0.2, 0) is 7.05 Å². The summed E-state index contributed by atoms with van der Waals surface area (Å²) in [5, 5.41) is 7.36. The van der Waals surface area contributed by atoms with Gasteiger partial charge < -0.3 is 5.32 Å². The fourth-order valence-corrected chi connectivity index (χ4v) is 2.56. The highest BCUT2D eigenvalue weighted by Gasteiger charge is 2.22. The van der Waals surface area contributed by atoms with Gasteiger partial charge in [0.25, 0.3) is 0 Å². The molecular formula is C13H14BrF2N3. The lowest BCUT2D eigenvalue weighted by atomic mass is 10.0. The molecule has 1 aromatic carbocycles. The van der Waals surface area contributed by atoms with E-state index in [0.29, 0.717) is 12.1 Å². The minimum Gasteiger partial charge on any atom is -0.305 e. The van der Waals surface area contributed by atoms with Gasteiger partial charge in [0, 0.05) is 13.2 Å². The lowest BCUT2D eigenvalue weighted by Crippen LogP contribution is -2.25. The van der Waals surface area contributed by atoms with Gasteiger partial charge in [-0.25, -0.2) is 8.78 Å². The number of rotatable bonds is 4. The molecule has 0 aliphatic rings. The molecule has 0 aliphatic heterocycles. The van der Waals surface area contributed by atoms with E-state index in [2.05, 4.69) is 26.3 Å². The molecule has 1 heterocycles. The summed E-state index contributed by atoms with van der Waals surface area (Å²) in [7, 11) is 1.81. The predicted octanol–water partition coefficient (Wildman–Crippen LogP) is 3.16. The van der Waals surface area contributed by atoms with E-state index < -0.39 is 11.6 Å². The van der Waals surface area contributed by atoms with Gasteiger partial charge in [0.1, 0.15) is 0 Å². The molecule has 0 fully saturated rings. The van der Waals surface area contributed by atoms with Gasteiger partial charge >= 0.3 is 0 Å². The second-order valence-corrected chi connectivity index (χ2v) is 4.93. The van der Waals surface area contributed by atoms with E-state index in [1.54, 1.807) is 16.9 Å². The number of hydrogen-bond acceptors (Lipinski definition) is 2. The summed E-state index contributed by atoms with van der Waals surface area (Å²) in [5.41, 5.74) is 1.53. The summed E-state index contributed by atoms with van der Waals surface area (Å²) in [6.07, 6.45) is 1.67. The van der Waals surface area contributed by atoms with Gasteiger partial charge in [-0.2, -0.15) is 5.10 Å². The van der Waals surface area contributed by atoms with Gasteiger partial charge in [-0.1, -0.05) is 13.0 Å². The molecule has 1 N–H and O–H groups in total. The molecule has 0 saturated heterocycles. The van der Waals surface area contributed by atoms with Crippen LogP contribution in [0, 0.1) is 11.6 Å². The van der Waals surface area contributed by atoms with Crippen molar-refractivity contribution in [1.82, 2.24) is 15.1 Å². The third kappa shape index (κ3) is 2.69. The summed E-state index contributed by atoms with van der Waals surface area (Å²) in [6, 6.07) is 4.31. The molecule has 0 bridgehead atoms. The van der Waals surface area contributed by atoms with E-state index in [-0.39, 0.29) is 10.5 Å². The molecule has 0 saturated carbocycles. The summed E-state index contributed by atoms with van der Waals surface area (Å²) in [4.78, 5) is 0. The number of aryl methyl sites for hydroxylation is 1. The van der Waals surface area contributed by atoms with E-state index in [1.165, 1.54) is 0 Å². The van der Waals surface area contributed by atoms with E-state index in [9.17, 15) is 8.78 Å². The first kappa shape index (κ1) is 14.1. The highest BCUT2D eigenvalue weighted by Crippen LogP contribution is 2.31. The Labute approximate surface area is 118 Å². The van der Waals surface area contributed by atoms with Gasteiger partial charge in [-0.05, 0) is 40.2 Å². The lowest BCUT2D eigenvalue weighted by Gasteiger charge is -2.20. The first-order valence-corrected chi connectivity index (χ1v) is 6.70. The van der Waals surface area contributed by atoms with Crippen molar-refractivity contribution in [3.63, 3.8) is 0 Å². The molecule has 19 heavy (non-hydrogen) atoms. The van der Waals surface area contributed by atoms with E-state index in [1.807, 2.05) is 20.0 Å². The smallest absolute Gasteiger partial charge is 0.173 e. The fraction of sp³-hybridized carbons (Fsp3) is 0.308. The summed E-state index contributed by atoms with van der Waals surface area (Å²) < 4.78 is 28.7. The van der Waals surface area contributed by atoms with Crippen LogP contribution in [0.5, 0.6) is 0 Å². The molecule has 102 valence electrons. The topological polar surface area (TPSA) is 29.9 Å². The van der Waals surface area contributed by atoms with Crippen molar-refractivity contribution in [1.29, 1.82) is 0 Å². The first-order chi connectivity index (χ1) is 9.06.